The number of likely N-dealkylation sites (tertiary alicyclic amines) is 1. The Labute approximate surface area is 122 Å². The van der Waals surface area contributed by atoms with Crippen molar-refractivity contribution in [3.63, 3.8) is 0 Å². The third-order valence-corrected chi connectivity index (χ3v) is 4.21. The molecule has 0 saturated carbocycles. The van der Waals surface area contributed by atoms with Gasteiger partial charge in [-0.3, -0.25) is 4.90 Å². The van der Waals surface area contributed by atoms with Crippen molar-refractivity contribution >= 4 is 29.3 Å². The molecule has 1 aliphatic rings. The zero-order valence-electron chi connectivity index (χ0n) is 10.6. The summed E-state index contributed by atoms with van der Waals surface area (Å²) in [6.45, 7) is 0.617. The minimum Gasteiger partial charge on any atom is -0.453 e. The summed E-state index contributed by atoms with van der Waals surface area (Å²) >= 11 is 11.9. The van der Waals surface area contributed by atoms with E-state index in [1.165, 1.54) is 7.11 Å². The summed E-state index contributed by atoms with van der Waals surface area (Å²) in [6, 6.07) is 5.47. The van der Waals surface area contributed by atoms with E-state index in [4.69, 9.17) is 33.7 Å². The highest BCUT2D eigenvalue weighted by Gasteiger charge is 2.33. The van der Waals surface area contributed by atoms with Crippen LogP contribution < -0.4 is 5.73 Å². The van der Waals surface area contributed by atoms with Crippen LogP contribution in [0.1, 0.15) is 24.3 Å². The smallest absolute Gasteiger partial charge is 0.410 e. The summed E-state index contributed by atoms with van der Waals surface area (Å²) in [7, 11) is 1.36. The number of methoxy groups -OCH3 is 1. The van der Waals surface area contributed by atoms with Crippen LogP contribution in [0.3, 0.4) is 0 Å². The van der Waals surface area contributed by atoms with Gasteiger partial charge in [-0.2, -0.15) is 0 Å². The van der Waals surface area contributed by atoms with E-state index in [2.05, 4.69) is 0 Å². The van der Waals surface area contributed by atoms with E-state index >= 15 is 0 Å². The number of hydrogen-bond acceptors (Lipinski definition) is 3. The number of carbonyl (C=O) groups excluding carboxylic acids is 1. The number of ether oxygens (including phenoxy) is 1. The Morgan fingerprint density at radius 2 is 2.16 bits per heavy atom. The fraction of sp³-hybridized carbons (Fsp3) is 0.462. The molecule has 6 heteroatoms. The number of nitrogens with two attached hydrogens (primary N) is 1. The molecule has 0 spiro atoms. The van der Waals surface area contributed by atoms with Crippen LogP contribution in [-0.2, 0) is 4.74 Å². The Hall–Kier alpha value is -0.970. The van der Waals surface area contributed by atoms with Gasteiger partial charge in [0.15, 0.2) is 0 Å². The molecule has 2 N–H and O–H groups in total. The minimum absolute atomic E-state index is 0.0441. The maximum atomic E-state index is 11.7. The van der Waals surface area contributed by atoms with Crippen molar-refractivity contribution in [1.82, 2.24) is 4.90 Å². The molecule has 0 aromatic heterocycles. The molecule has 1 saturated heterocycles. The van der Waals surface area contributed by atoms with Crippen LogP contribution >= 0.6 is 23.2 Å². The van der Waals surface area contributed by atoms with Gasteiger partial charge in [0.05, 0.1) is 23.3 Å². The molecule has 19 heavy (non-hydrogen) atoms. The SMILES string of the molecule is COC(=O)N1CCCC(c2ccc(Cl)c(Cl)c2)C1N. The molecule has 0 bridgehead atoms. The number of nitrogens with zero attached hydrogens (tertiary/aromatic N) is 1. The van der Waals surface area contributed by atoms with Crippen LogP contribution in [0.15, 0.2) is 18.2 Å². The fourth-order valence-corrected chi connectivity index (χ4v) is 2.76. The zero-order valence-corrected chi connectivity index (χ0v) is 12.1. The van der Waals surface area contributed by atoms with Crippen molar-refractivity contribution in [3.8, 4) is 0 Å². The molecule has 1 aromatic rings. The van der Waals surface area contributed by atoms with Gasteiger partial charge in [-0.25, -0.2) is 4.79 Å². The van der Waals surface area contributed by atoms with E-state index < -0.39 is 12.3 Å². The molecule has 2 rings (SSSR count). The lowest BCUT2D eigenvalue weighted by atomic mass is 9.88. The summed E-state index contributed by atoms with van der Waals surface area (Å²) in [6.07, 6.45) is 0.996. The van der Waals surface area contributed by atoms with Crippen LogP contribution in [0.5, 0.6) is 0 Å². The number of halogens is 2. The standard InChI is InChI=1S/C13H16Cl2N2O2/c1-19-13(18)17-6-2-3-9(12(17)16)8-4-5-10(14)11(15)7-8/h4-5,7,9,12H,2-3,6,16H2,1H3. The first kappa shape index (κ1) is 14.4. The summed E-state index contributed by atoms with van der Waals surface area (Å²) in [5, 5.41) is 1.01. The highest BCUT2D eigenvalue weighted by atomic mass is 35.5. The average molecular weight is 303 g/mol. The summed E-state index contributed by atoms with van der Waals surface area (Å²) < 4.78 is 4.75. The van der Waals surface area contributed by atoms with Crippen molar-refractivity contribution in [2.24, 2.45) is 5.73 Å². The summed E-state index contributed by atoms with van der Waals surface area (Å²) in [5.41, 5.74) is 7.16. The van der Waals surface area contributed by atoms with Crippen molar-refractivity contribution in [1.29, 1.82) is 0 Å². The first-order chi connectivity index (χ1) is 9.04. The third-order valence-electron chi connectivity index (χ3n) is 3.47. The zero-order chi connectivity index (χ0) is 14.0. The molecule has 1 amide bonds. The molecule has 104 valence electrons. The van der Waals surface area contributed by atoms with Gasteiger partial charge < -0.3 is 10.5 Å². The van der Waals surface area contributed by atoms with E-state index in [1.54, 1.807) is 11.0 Å². The number of amides is 1. The van der Waals surface area contributed by atoms with Crippen LogP contribution in [0, 0.1) is 0 Å². The lowest BCUT2D eigenvalue weighted by Gasteiger charge is -2.38. The number of rotatable bonds is 1. The van der Waals surface area contributed by atoms with Gasteiger partial charge in [0.2, 0.25) is 0 Å². The largest absolute Gasteiger partial charge is 0.453 e. The van der Waals surface area contributed by atoms with Gasteiger partial charge in [0, 0.05) is 12.5 Å². The van der Waals surface area contributed by atoms with Crippen LogP contribution in [0.2, 0.25) is 10.0 Å². The van der Waals surface area contributed by atoms with Gasteiger partial charge in [-0.15, -0.1) is 0 Å². The Morgan fingerprint density at radius 1 is 1.42 bits per heavy atom. The molecule has 0 aliphatic carbocycles. The Kier molecular flexibility index (Phi) is 4.55. The second kappa shape index (κ2) is 5.99. The number of carbonyl (C=O) groups is 1. The topological polar surface area (TPSA) is 55.6 Å². The van der Waals surface area contributed by atoms with E-state index in [9.17, 15) is 4.79 Å². The molecule has 2 atom stereocenters. The lowest BCUT2D eigenvalue weighted by molar-refractivity contribution is 0.0831. The van der Waals surface area contributed by atoms with Gasteiger partial charge in [-0.05, 0) is 30.5 Å². The average Bonchev–Trinajstić information content (AvgIpc) is 2.41. The van der Waals surface area contributed by atoms with Crippen LogP contribution in [0.25, 0.3) is 0 Å². The molecule has 1 heterocycles. The molecular weight excluding hydrogens is 287 g/mol. The molecule has 0 radical (unpaired) electrons. The van der Waals surface area contributed by atoms with Crippen LogP contribution in [0.4, 0.5) is 4.79 Å². The molecule has 4 nitrogen and oxygen atoms in total. The number of hydrogen-bond donors (Lipinski definition) is 1. The van der Waals surface area contributed by atoms with Crippen molar-refractivity contribution < 1.29 is 9.53 Å². The highest BCUT2D eigenvalue weighted by Crippen LogP contribution is 2.33. The van der Waals surface area contributed by atoms with Crippen LogP contribution in [-0.4, -0.2) is 30.8 Å². The second-order valence-corrected chi connectivity index (χ2v) is 5.39. The van der Waals surface area contributed by atoms with Gasteiger partial charge >= 0.3 is 6.09 Å². The normalized spacial score (nSPS) is 23.3. The number of benzene rings is 1. The van der Waals surface area contributed by atoms with E-state index in [0.717, 1.165) is 18.4 Å². The van der Waals surface area contributed by atoms with E-state index in [-0.39, 0.29) is 5.92 Å². The van der Waals surface area contributed by atoms with Crippen molar-refractivity contribution in [3.05, 3.63) is 33.8 Å². The maximum Gasteiger partial charge on any atom is 0.410 e. The van der Waals surface area contributed by atoms with E-state index in [1.807, 2.05) is 12.1 Å². The van der Waals surface area contributed by atoms with E-state index in [0.29, 0.717) is 16.6 Å². The first-order valence-electron chi connectivity index (χ1n) is 6.09. The number of piperidine rings is 1. The predicted octanol–water partition coefficient (Wildman–Crippen LogP) is 3.22. The third kappa shape index (κ3) is 2.96. The monoisotopic (exact) mass is 302 g/mol. The first-order valence-corrected chi connectivity index (χ1v) is 6.85. The quantitative estimate of drug-likeness (QED) is 0.866. The Bertz CT molecular complexity index is 482. The summed E-state index contributed by atoms with van der Waals surface area (Å²) in [5.74, 6) is 0.0441. The Balaban J connectivity index is 2.23. The fourth-order valence-electron chi connectivity index (χ4n) is 2.46. The van der Waals surface area contributed by atoms with Crippen molar-refractivity contribution in [2.45, 2.75) is 24.9 Å². The Morgan fingerprint density at radius 3 is 2.79 bits per heavy atom. The molecule has 1 aliphatic heterocycles. The molecular formula is C13H16Cl2N2O2. The maximum absolute atomic E-state index is 11.7. The highest BCUT2D eigenvalue weighted by molar-refractivity contribution is 6.42. The molecule has 1 aromatic carbocycles. The predicted molar refractivity (Wildman–Crippen MR) is 75.5 cm³/mol. The van der Waals surface area contributed by atoms with Gasteiger partial charge in [0.1, 0.15) is 0 Å². The van der Waals surface area contributed by atoms with Crippen molar-refractivity contribution in [2.75, 3.05) is 13.7 Å². The van der Waals surface area contributed by atoms with Gasteiger partial charge in [0.25, 0.3) is 0 Å². The summed E-state index contributed by atoms with van der Waals surface area (Å²) in [4.78, 5) is 13.2. The minimum atomic E-state index is -0.404. The second-order valence-electron chi connectivity index (χ2n) is 4.58. The molecule has 2 unspecified atom stereocenters. The molecule has 1 fully saturated rings. The lowest BCUT2D eigenvalue weighted by Crippen LogP contribution is -2.52. The van der Waals surface area contributed by atoms with Gasteiger partial charge in [-0.1, -0.05) is 29.3 Å².